The zero-order chi connectivity index (χ0) is 23.6. The highest BCUT2D eigenvalue weighted by Gasteiger charge is 2.22. The summed E-state index contributed by atoms with van der Waals surface area (Å²) in [7, 11) is 0. The average Bonchev–Trinajstić information content (AvgIpc) is 2.83. The Labute approximate surface area is 197 Å². The third-order valence-corrected chi connectivity index (χ3v) is 6.28. The molecule has 1 aliphatic rings. The summed E-state index contributed by atoms with van der Waals surface area (Å²) in [5, 5.41) is 0. The Kier molecular flexibility index (Phi) is 9.43. The quantitative estimate of drug-likeness (QED) is 0.498. The van der Waals surface area contributed by atoms with Gasteiger partial charge in [0.05, 0.1) is 0 Å². The number of rotatable bonds is 10. The molecule has 0 spiro atoms. The minimum atomic E-state index is -0.280. The largest absolute Gasteiger partial charge is 0.340 e. The lowest BCUT2D eigenvalue weighted by atomic mass is 10.1. The summed E-state index contributed by atoms with van der Waals surface area (Å²) in [6.07, 6.45) is 3.83. The van der Waals surface area contributed by atoms with Crippen molar-refractivity contribution in [2.75, 3.05) is 39.3 Å². The summed E-state index contributed by atoms with van der Waals surface area (Å²) >= 11 is 0. The molecule has 0 aliphatic carbocycles. The first-order chi connectivity index (χ1) is 16.0. The first-order valence-corrected chi connectivity index (χ1v) is 12.1. The van der Waals surface area contributed by atoms with E-state index in [9.17, 15) is 14.0 Å². The smallest absolute Gasteiger partial charge is 0.254 e. The molecule has 0 unspecified atom stereocenters. The van der Waals surface area contributed by atoms with E-state index in [1.807, 2.05) is 41.0 Å². The fourth-order valence-electron chi connectivity index (χ4n) is 4.11. The van der Waals surface area contributed by atoms with E-state index in [-0.39, 0.29) is 17.6 Å². The van der Waals surface area contributed by atoms with Crippen LogP contribution in [0.3, 0.4) is 0 Å². The van der Waals surface area contributed by atoms with Gasteiger partial charge in [0.2, 0.25) is 5.91 Å². The van der Waals surface area contributed by atoms with E-state index in [0.717, 1.165) is 63.1 Å². The molecular formula is C27H36FN3O2. The third kappa shape index (κ3) is 7.67. The number of halogens is 1. The Morgan fingerprint density at radius 1 is 0.939 bits per heavy atom. The highest BCUT2D eigenvalue weighted by Crippen LogP contribution is 2.13. The molecule has 2 aromatic rings. The summed E-state index contributed by atoms with van der Waals surface area (Å²) in [6, 6.07) is 13.9. The number of piperazine rings is 1. The van der Waals surface area contributed by atoms with Crippen molar-refractivity contribution in [2.24, 2.45) is 0 Å². The molecule has 1 aliphatic heterocycles. The standard InChI is InChI=1S/C27H36FN3O2/c1-3-4-5-6-26(32)30-18-15-29(16-19-30)17-20-31(21-23-9-13-25(28)14-10-23)27(33)24-11-7-22(2)8-12-24/h7-14H,3-6,15-21H2,1-2H3. The molecule has 0 atom stereocenters. The van der Waals surface area contributed by atoms with E-state index in [1.165, 1.54) is 12.1 Å². The van der Waals surface area contributed by atoms with Crippen molar-refractivity contribution in [3.8, 4) is 0 Å². The number of amides is 2. The Balaban J connectivity index is 1.57. The molecule has 1 fully saturated rings. The van der Waals surface area contributed by atoms with Crippen LogP contribution in [0.4, 0.5) is 4.39 Å². The molecule has 0 aromatic heterocycles. The monoisotopic (exact) mass is 453 g/mol. The summed E-state index contributed by atoms with van der Waals surface area (Å²) in [5.74, 6) is -0.0445. The Morgan fingerprint density at radius 2 is 1.61 bits per heavy atom. The molecule has 0 saturated carbocycles. The second-order valence-corrected chi connectivity index (χ2v) is 8.90. The normalized spacial score (nSPS) is 14.3. The van der Waals surface area contributed by atoms with Crippen LogP contribution in [0.5, 0.6) is 0 Å². The van der Waals surface area contributed by atoms with Crippen molar-refractivity contribution in [3.05, 3.63) is 71.0 Å². The number of carbonyl (C=O) groups is 2. The van der Waals surface area contributed by atoms with Gasteiger partial charge in [0.15, 0.2) is 0 Å². The topological polar surface area (TPSA) is 43.9 Å². The molecule has 1 saturated heterocycles. The van der Waals surface area contributed by atoms with E-state index in [2.05, 4.69) is 11.8 Å². The number of carbonyl (C=O) groups excluding carboxylic acids is 2. The van der Waals surface area contributed by atoms with E-state index in [4.69, 9.17) is 0 Å². The number of aryl methyl sites for hydroxylation is 1. The molecule has 3 rings (SSSR count). The number of benzene rings is 2. The maximum absolute atomic E-state index is 13.3. The number of hydrogen-bond acceptors (Lipinski definition) is 3. The van der Waals surface area contributed by atoms with Gasteiger partial charge in [-0.2, -0.15) is 0 Å². The van der Waals surface area contributed by atoms with Crippen LogP contribution in [0.25, 0.3) is 0 Å². The van der Waals surface area contributed by atoms with Gasteiger partial charge in [-0.25, -0.2) is 4.39 Å². The molecule has 0 N–H and O–H groups in total. The molecule has 2 amide bonds. The highest BCUT2D eigenvalue weighted by molar-refractivity contribution is 5.94. The average molecular weight is 454 g/mol. The van der Waals surface area contributed by atoms with Crippen molar-refractivity contribution in [3.63, 3.8) is 0 Å². The summed E-state index contributed by atoms with van der Waals surface area (Å²) in [6.45, 7) is 9.04. The number of hydrogen-bond donors (Lipinski definition) is 0. The van der Waals surface area contributed by atoms with Crippen molar-refractivity contribution in [1.29, 1.82) is 0 Å². The molecule has 33 heavy (non-hydrogen) atoms. The second kappa shape index (κ2) is 12.5. The molecule has 0 radical (unpaired) electrons. The Morgan fingerprint density at radius 3 is 2.24 bits per heavy atom. The number of nitrogens with zero attached hydrogens (tertiary/aromatic N) is 3. The minimum Gasteiger partial charge on any atom is -0.340 e. The van der Waals surface area contributed by atoms with E-state index in [1.54, 1.807) is 12.1 Å². The Bertz CT molecular complexity index is 891. The van der Waals surface area contributed by atoms with Crippen molar-refractivity contribution in [1.82, 2.24) is 14.7 Å². The zero-order valence-electron chi connectivity index (χ0n) is 19.9. The molecular weight excluding hydrogens is 417 g/mol. The van der Waals surface area contributed by atoms with E-state index in [0.29, 0.717) is 25.1 Å². The first-order valence-electron chi connectivity index (χ1n) is 12.1. The predicted molar refractivity (Wildman–Crippen MR) is 129 cm³/mol. The zero-order valence-corrected chi connectivity index (χ0v) is 19.9. The fraction of sp³-hybridized carbons (Fsp3) is 0.481. The van der Waals surface area contributed by atoms with Crippen LogP contribution in [0.15, 0.2) is 48.5 Å². The van der Waals surface area contributed by atoms with E-state index >= 15 is 0 Å². The summed E-state index contributed by atoms with van der Waals surface area (Å²) in [5.41, 5.74) is 2.67. The maximum atomic E-state index is 13.3. The minimum absolute atomic E-state index is 0.0240. The molecule has 2 aromatic carbocycles. The summed E-state index contributed by atoms with van der Waals surface area (Å²) < 4.78 is 13.3. The Hall–Kier alpha value is -2.73. The van der Waals surface area contributed by atoms with Gasteiger partial charge >= 0.3 is 0 Å². The fourth-order valence-corrected chi connectivity index (χ4v) is 4.11. The van der Waals surface area contributed by atoms with Crippen molar-refractivity contribution in [2.45, 2.75) is 46.1 Å². The molecule has 0 bridgehead atoms. The van der Waals surface area contributed by atoms with Crippen molar-refractivity contribution >= 4 is 11.8 Å². The van der Waals surface area contributed by atoms with Crippen LogP contribution in [0.2, 0.25) is 0 Å². The van der Waals surface area contributed by atoms with Gasteiger partial charge in [0.1, 0.15) is 5.82 Å². The lowest BCUT2D eigenvalue weighted by Crippen LogP contribution is -2.50. The molecule has 1 heterocycles. The van der Waals surface area contributed by atoms with Crippen LogP contribution < -0.4 is 0 Å². The number of unbranched alkanes of at least 4 members (excludes halogenated alkanes) is 2. The van der Waals surface area contributed by atoms with Gasteiger partial charge < -0.3 is 9.80 Å². The lowest BCUT2D eigenvalue weighted by molar-refractivity contribution is -0.133. The van der Waals surface area contributed by atoms with Gasteiger partial charge in [-0.05, 0) is 43.2 Å². The van der Waals surface area contributed by atoms with Gasteiger partial charge in [0.25, 0.3) is 5.91 Å². The van der Waals surface area contributed by atoms with Crippen LogP contribution in [0.1, 0.15) is 54.1 Å². The summed E-state index contributed by atoms with van der Waals surface area (Å²) in [4.78, 5) is 31.7. The lowest BCUT2D eigenvalue weighted by Gasteiger charge is -2.36. The molecule has 178 valence electrons. The van der Waals surface area contributed by atoms with E-state index < -0.39 is 0 Å². The van der Waals surface area contributed by atoms with Crippen molar-refractivity contribution < 1.29 is 14.0 Å². The van der Waals surface area contributed by atoms with Crippen LogP contribution >= 0.6 is 0 Å². The first kappa shape index (κ1) is 24.9. The molecule has 6 heteroatoms. The van der Waals surface area contributed by atoms with Crippen LogP contribution in [-0.2, 0) is 11.3 Å². The third-order valence-electron chi connectivity index (χ3n) is 6.28. The second-order valence-electron chi connectivity index (χ2n) is 8.90. The van der Waals surface area contributed by atoms with Gasteiger partial charge in [-0.3, -0.25) is 14.5 Å². The van der Waals surface area contributed by atoms with Gasteiger partial charge in [-0.15, -0.1) is 0 Å². The predicted octanol–water partition coefficient (Wildman–Crippen LogP) is 4.50. The maximum Gasteiger partial charge on any atom is 0.254 e. The SMILES string of the molecule is CCCCCC(=O)N1CCN(CCN(Cc2ccc(F)cc2)C(=O)c2ccc(C)cc2)CC1. The van der Waals surface area contributed by atoms with Gasteiger partial charge in [-0.1, -0.05) is 49.6 Å². The molecule has 5 nitrogen and oxygen atoms in total. The highest BCUT2D eigenvalue weighted by atomic mass is 19.1. The van der Waals surface area contributed by atoms with Gasteiger partial charge in [0, 0.05) is 57.8 Å². The van der Waals surface area contributed by atoms with Crippen LogP contribution in [0, 0.1) is 12.7 Å². The van der Waals surface area contributed by atoms with Crippen LogP contribution in [-0.4, -0.2) is 65.8 Å².